The Labute approximate surface area is 259 Å². The lowest BCUT2D eigenvalue weighted by Gasteiger charge is -2.19. The molecule has 0 bridgehead atoms. The standard InChI is InChI=1S/C31H36FN7O6/c1-30(2,3)23-16-24(39(7)37-23)35-28(42)34-22(27(40)41)15-17-8-13-20(21(32)14-17)25-36-26(45-38-25)18-9-11-19(12-10-18)33-29(43)44-31(4,5)6/h8-14,16,22H,15H2,1-7H3,(H,33,43)(H,40,41)(H2,34,35,42). The Balaban J connectivity index is 1.40. The molecule has 0 saturated carbocycles. The van der Waals surface area contributed by atoms with E-state index in [-0.39, 0.29) is 29.1 Å². The molecule has 1 unspecified atom stereocenters. The molecule has 0 radical (unpaired) electrons. The van der Waals surface area contributed by atoms with Gasteiger partial charge in [0, 0.05) is 36.2 Å². The third-order valence-electron chi connectivity index (χ3n) is 6.41. The normalized spacial score (nSPS) is 12.4. The SMILES string of the molecule is Cn1nc(C(C)(C)C)cc1NC(=O)NC(Cc1ccc(-c2noc(-c3ccc(NC(=O)OC(C)(C)C)cc3)n2)c(F)c1)C(=O)O. The van der Waals surface area contributed by atoms with E-state index >= 15 is 4.39 Å². The lowest BCUT2D eigenvalue weighted by Crippen LogP contribution is -2.44. The average molecular weight is 622 g/mol. The lowest BCUT2D eigenvalue weighted by molar-refractivity contribution is -0.139. The quantitative estimate of drug-likeness (QED) is 0.191. The second kappa shape index (κ2) is 12.8. The van der Waals surface area contributed by atoms with Gasteiger partial charge in [0.05, 0.1) is 11.3 Å². The number of carboxylic acid groups (broad SMARTS) is 1. The van der Waals surface area contributed by atoms with Crippen molar-refractivity contribution in [3.8, 4) is 22.8 Å². The van der Waals surface area contributed by atoms with Crippen LogP contribution in [0.15, 0.2) is 53.1 Å². The van der Waals surface area contributed by atoms with Crippen LogP contribution in [0.4, 0.5) is 25.5 Å². The Bertz CT molecular complexity index is 1700. The number of hydrogen-bond donors (Lipinski definition) is 4. The van der Waals surface area contributed by atoms with Crippen molar-refractivity contribution in [2.24, 2.45) is 7.05 Å². The van der Waals surface area contributed by atoms with Crippen molar-refractivity contribution in [3.05, 3.63) is 65.6 Å². The minimum absolute atomic E-state index is 0.0110. The van der Waals surface area contributed by atoms with Gasteiger partial charge in [0.1, 0.15) is 23.3 Å². The molecule has 0 spiro atoms. The molecule has 4 rings (SSSR count). The zero-order valence-corrected chi connectivity index (χ0v) is 26.1. The number of nitrogens with one attached hydrogen (secondary N) is 3. The zero-order valence-electron chi connectivity index (χ0n) is 26.1. The van der Waals surface area contributed by atoms with E-state index in [0.717, 1.165) is 11.8 Å². The van der Waals surface area contributed by atoms with Crippen molar-refractivity contribution in [1.29, 1.82) is 0 Å². The molecule has 2 aromatic carbocycles. The molecule has 238 valence electrons. The van der Waals surface area contributed by atoms with Crippen LogP contribution in [0.25, 0.3) is 22.8 Å². The van der Waals surface area contributed by atoms with Gasteiger partial charge in [0.25, 0.3) is 5.89 Å². The maximum Gasteiger partial charge on any atom is 0.412 e. The number of hydrogen-bond acceptors (Lipinski definition) is 8. The monoisotopic (exact) mass is 621 g/mol. The fourth-order valence-electron chi connectivity index (χ4n) is 4.13. The maximum absolute atomic E-state index is 15.2. The molecule has 45 heavy (non-hydrogen) atoms. The summed E-state index contributed by atoms with van der Waals surface area (Å²) < 4.78 is 27.2. The Morgan fingerprint density at radius 3 is 2.29 bits per heavy atom. The average Bonchev–Trinajstić information content (AvgIpc) is 3.55. The molecule has 0 aliphatic heterocycles. The molecule has 14 heteroatoms. The topological polar surface area (TPSA) is 174 Å². The Morgan fingerprint density at radius 1 is 1.02 bits per heavy atom. The van der Waals surface area contributed by atoms with Gasteiger partial charge in [-0.2, -0.15) is 10.1 Å². The molecular formula is C31H36FN7O6. The van der Waals surface area contributed by atoms with Gasteiger partial charge >= 0.3 is 18.1 Å². The van der Waals surface area contributed by atoms with Gasteiger partial charge in [0.2, 0.25) is 5.82 Å². The smallest absolute Gasteiger partial charge is 0.412 e. The summed E-state index contributed by atoms with van der Waals surface area (Å²) in [5.41, 5.74) is 1.27. The Kier molecular flexibility index (Phi) is 9.26. The van der Waals surface area contributed by atoms with Gasteiger partial charge in [0.15, 0.2) is 0 Å². The minimum atomic E-state index is -1.34. The first-order valence-electron chi connectivity index (χ1n) is 14.1. The fraction of sp³-hybridized carbons (Fsp3) is 0.355. The van der Waals surface area contributed by atoms with E-state index in [2.05, 4.69) is 31.2 Å². The Hall–Kier alpha value is -5.27. The Morgan fingerprint density at radius 2 is 1.71 bits per heavy atom. The van der Waals surface area contributed by atoms with Gasteiger partial charge < -0.3 is 19.7 Å². The van der Waals surface area contributed by atoms with E-state index in [4.69, 9.17) is 9.26 Å². The lowest BCUT2D eigenvalue weighted by atomic mass is 9.92. The number of nitrogens with zero attached hydrogens (tertiary/aromatic N) is 4. The number of urea groups is 1. The first-order chi connectivity index (χ1) is 21.0. The summed E-state index contributed by atoms with van der Waals surface area (Å²) in [6.07, 6.45) is -0.776. The van der Waals surface area contributed by atoms with Gasteiger partial charge in [-0.15, -0.1) is 0 Å². The van der Waals surface area contributed by atoms with Gasteiger partial charge in [-0.05, 0) is 62.7 Å². The third kappa shape index (κ3) is 8.65. The van der Waals surface area contributed by atoms with Crippen molar-refractivity contribution < 1.29 is 33.1 Å². The molecule has 0 fully saturated rings. The molecule has 2 heterocycles. The summed E-state index contributed by atoms with van der Waals surface area (Å²) in [5.74, 6) is -1.48. The van der Waals surface area contributed by atoms with Crippen LogP contribution in [0.3, 0.4) is 0 Å². The van der Waals surface area contributed by atoms with Crippen molar-refractivity contribution in [2.45, 2.75) is 65.0 Å². The number of ether oxygens (including phenoxy) is 1. The highest BCUT2D eigenvalue weighted by atomic mass is 19.1. The highest BCUT2D eigenvalue weighted by Gasteiger charge is 2.24. The van der Waals surface area contributed by atoms with Crippen LogP contribution in [-0.2, 0) is 28.4 Å². The number of rotatable bonds is 8. The number of aromatic nitrogens is 4. The molecule has 0 aliphatic carbocycles. The summed E-state index contributed by atoms with van der Waals surface area (Å²) >= 11 is 0. The van der Waals surface area contributed by atoms with Gasteiger partial charge in [-0.1, -0.05) is 32.0 Å². The van der Waals surface area contributed by atoms with E-state index in [1.165, 1.54) is 16.8 Å². The molecular weight excluding hydrogens is 585 g/mol. The predicted octanol–water partition coefficient (Wildman–Crippen LogP) is 5.74. The number of aliphatic carboxylic acids is 1. The van der Waals surface area contributed by atoms with Crippen LogP contribution in [0, 0.1) is 5.82 Å². The number of anilines is 2. The number of carbonyl (C=O) groups excluding carboxylic acids is 2. The number of halogens is 1. The van der Waals surface area contributed by atoms with Crippen LogP contribution in [0.1, 0.15) is 52.8 Å². The molecule has 3 amide bonds. The highest BCUT2D eigenvalue weighted by molar-refractivity contribution is 5.91. The first-order valence-corrected chi connectivity index (χ1v) is 14.1. The maximum atomic E-state index is 15.2. The second-order valence-corrected chi connectivity index (χ2v) is 12.4. The van der Waals surface area contributed by atoms with Gasteiger partial charge in [-0.25, -0.2) is 18.8 Å². The predicted molar refractivity (Wildman–Crippen MR) is 164 cm³/mol. The summed E-state index contributed by atoms with van der Waals surface area (Å²) in [5, 5.41) is 25.6. The summed E-state index contributed by atoms with van der Waals surface area (Å²) in [7, 11) is 1.67. The first kappa shape index (κ1) is 32.6. The molecule has 4 aromatic rings. The van der Waals surface area contributed by atoms with Crippen molar-refractivity contribution in [2.75, 3.05) is 10.6 Å². The van der Waals surface area contributed by atoms with Crippen LogP contribution in [0.2, 0.25) is 0 Å². The van der Waals surface area contributed by atoms with Crippen LogP contribution < -0.4 is 16.0 Å². The number of amides is 3. The highest BCUT2D eigenvalue weighted by Crippen LogP contribution is 2.27. The summed E-state index contributed by atoms with van der Waals surface area (Å²) in [4.78, 5) is 40.8. The van der Waals surface area contributed by atoms with Crippen LogP contribution in [-0.4, -0.2) is 54.8 Å². The van der Waals surface area contributed by atoms with E-state index in [9.17, 15) is 19.5 Å². The van der Waals surface area contributed by atoms with Crippen molar-refractivity contribution in [3.63, 3.8) is 0 Å². The summed E-state index contributed by atoms with van der Waals surface area (Å²) in [6.45, 7) is 11.2. The van der Waals surface area contributed by atoms with E-state index in [1.807, 2.05) is 20.8 Å². The van der Waals surface area contributed by atoms with Gasteiger partial charge in [-0.3, -0.25) is 15.3 Å². The second-order valence-electron chi connectivity index (χ2n) is 12.4. The van der Waals surface area contributed by atoms with Crippen LogP contribution >= 0.6 is 0 Å². The fourth-order valence-corrected chi connectivity index (χ4v) is 4.13. The van der Waals surface area contributed by atoms with Crippen molar-refractivity contribution >= 4 is 29.6 Å². The van der Waals surface area contributed by atoms with E-state index in [1.54, 1.807) is 58.2 Å². The molecule has 1 atom stereocenters. The molecule has 13 nitrogen and oxygen atoms in total. The molecule has 4 N–H and O–H groups in total. The molecule has 2 aromatic heterocycles. The number of aryl methyl sites for hydroxylation is 1. The van der Waals surface area contributed by atoms with Crippen LogP contribution in [0.5, 0.6) is 0 Å². The molecule has 0 aliphatic rings. The number of carbonyl (C=O) groups is 3. The van der Waals surface area contributed by atoms with E-state index < -0.39 is 35.6 Å². The zero-order chi connectivity index (χ0) is 33.1. The van der Waals surface area contributed by atoms with E-state index in [0.29, 0.717) is 22.6 Å². The third-order valence-corrected chi connectivity index (χ3v) is 6.41. The minimum Gasteiger partial charge on any atom is -0.480 e. The largest absolute Gasteiger partial charge is 0.480 e. The molecule has 0 saturated heterocycles. The summed E-state index contributed by atoms with van der Waals surface area (Å²) in [6, 6.07) is 10.3. The number of benzene rings is 2. The number of carboxylic acids is 1. The van der Waals surface area contributed by atoms with Crippen molar-refractivity contribution in [1.82, 2.24) is 25.2 Å².